The zero-order valence-corrected chi connectivity index (χ0v) is 22.2. The Morgan fingerprint density at radius 2 is 1.81 bits per heavy atom. The van der Waals surface area contributed by atoms with Crippen LogP contribution in [0.1, 0.15) is 22.8 Å². The van der Waals surface area contributed by atoms with E-state index in [1.807, 2.05) is 37.3 Å². The van der Waals surface area contributed by atoms with E-state index in [1.54, 1.807) is 24.5 Å². The third kappa shape index (κ3) is 6.68. The quantitative estimate of drug-likeness (QED) is 0.434. The van der Waals surface area contributed by atoms with E-state index in [0.29, 0.717) is 27.0 Å². The van der Waals surface area contributed by atoms with Gasteiger partial charge in [0.05, 0.1) is 12.3 Å². The van der Waals surface area contributed by atoms with E-state index in [1.165, 1.54) is 11.3 Å². The van der Waals surface area contributed by atoms with Crippen LogP contribution in [0.25, 0.3) is 10.6 Å². The maximum atomic E-state index is 13.1. The fourth-order valence-electron chi connectivity index (χ4n) is 3.93. The monoisotopic (exact) mass is 526 g/mol. The highest BCUT2D eigenvalue weighted by molar-refractivity contribution is 7.89. The van der Waals surface area contributed by atoms with E-state index in [4.69, 9.17) is 0 Å². The van der Waals surface area contributed by atoms with Crippen LogP contribution < -0.4 is 10.6 Å². The van der Waals surface area contributed by atoms with Crippen LogP contribution in [-0.2, 0) is 21.7 Å². The minimum atomic E-state index is -1.11. The first kappa shape index (κ1) is 26.2. The fourth-order valence-corrected chi connectivity index (χ4v) is 5.37. The zero-order chi connectivity index (χ0) is 25.7. The molecule has 9 nitrogen and oxygen atoms in total. The molecule has 36 heavy (non-hydrogen) atoms. The van der Waals surface area contributed by atoms with Gasteiger partial charge in [-0.2, -0.15) is 0 Å². The van der Waals surface area contributed by atoms with Crippen molar-refractivity contribution in [3.63, 3.8) is 0 Å². The average Bonchev–Trinajstić information content (AvgIpc) is 3.33. The van der Waals surface area contributed by atoms with Crippen LogP contribution >= 0.6 is 11.3 Å². The standard InChI is InChI=1S/C25H30N6O3S2/c1-17(31-13-11-30(2)12-14-31)22(32)26-21-15-19(9-10-20(21)16-36(3)34)23(33)27-25-29-28-24(35-25)18-7-5-4-6-8-18/h4-10,15,17H,11-14,16H2,1-3H3,(H,26,32)(H,27,29,33). The van der Waals surface area contributed by atoms with Crippen molar-refractivity contribution in [2.24, 2.45) is 0 Å². The molecule has 190 valence electrons. The van der Waals surface area contributed by atoms with Gasteiger partial charge in [0.25, 0.3) is 5.91 Å². The van der Waals surface area contributed by atoms with E-state index in [2.05, 4.69) is 37.7 Å². The Labute approximate surface area is 218 Å². The summed E-state index contributed by atoms with van der Waals surface area (Å²) in [5.41, 5.74) is 2.49. The van der Waals surface area contributed by atoms with E-state index in [-0.39, 0.29) is 23.6 Å². The normalized spacial score (nSPS) is 16.3. The van der Waals surface area contributed by atoms with Crippen LogP contribution in [0.3, 0.4) is 0 Å². The number of nitrogens with zero attached hydrogens (tertiary/aromatic N) is 4. The van der Waals surface area contributed by atoms with Crippen LogP contribution in [0, 0.1) is 0 Å². The Balaban J connectivity index is 1.49. The molecule has 2 aromatic carbocycles. The molecule has 11 heteroatoms. The first-order valence-corrected chi connectivity index (χ1v) is 14.2. The Kier molecular flexibility index (Phi) is 8.70. The highest BCUT2D eigenvalue weighted by Crippen LogP contribution is 2.27. The lowest BCUT2D eigenvalue weighted by molar-refractivity contribution is -0.121. The summed E-state index contributed by atoms with van der Waals surface area (Å²) in [6, 6.07) is 14.3. The molecule has 1 aliphatic rings. The van der Waals surface area contributed by atoms with Crippen molar-refractivity contribution >= 4 is 45.1 Å². The van der Waals surface area contributed by atoms with Crippen LogP contribution in [0.5, 0.6) is 0 Å². The molecule has 0 spiro atoms. The van der Waals surface area contributed by atoms with Crippen LogP contribution in [0.4, 0.5) is 10.8 Å². The number of carbonyl (C=O) groups excluding carboxylic acids is 2. The number of nitrogens with one attached hydrogen (secondary N) is 2. The van der Waals surface area contributed by atoms with Gasteiger partial charge < -0.3 is 14.8 Å². The number of aromatic nitrogens is 2. The molecule has 0 aliphatic carbocycles. The molecule has 2 heterocycles. The summed E-state index contributed by atoms with van der Waals surface area (Å²) in [6.45, 7) is 5.32. The highest BCUT2D eigenvalue weighted by atomic mass is 32.2. The number of carbonyl (C=O) groups is 2. The smallest absolute Gasteiger partial charge is 0.257 e. The van der Waals surface area contributed by atoms with Gasteiger partial charge in [0, 0.05) is 48.6 Å². The number of rotatable bonds is 8. The molecule has 1 fully saturated rings. The molecule has 2 amide bonds. The summed E-state index contributed by atoms with van der Waals surface area (Å²) in [6.07, 6.45) is 1.61. The van der Waals surface area contributed by atoms with Gasteiger partial charge in [0.15, 0.2) is 0 Å². The number of hydrogen-bond donors (Lipinski definition) is 2. The lowest BCUT2D eigenvalue weighted by Crippen LogP contribution is -2.51. The first-order chi connectivity index (χ1) is 17.3. The van der Waals surface area contributed by atoms with Gasteiger partial charge in [-0.05, 0) is 26.1 Å². The topological polar surface area (TPSA) is 114 Å². The van der Waals surface area contributed by atoms with Gasteiger partial charge >= 0.3 is 0 Å². The van der Waals surface area contributed by atoms with Crippen molar-refractivity contribution in [2.75, 3.05) is 50.1 Å². The lowest BCUT2D eigenvalue weighted by atomic mass is 10.1. The Morgan fingerprint density at radius 3 is 2.50 bits per heavy atom. The van der Waals surface area contributed by atoms with Gasteiger partial charge in [-0.3, -0.25) is 19.8 Å². The van der Waals surface area contributed by atoms with Crippen molar-refractivity contribution in [3.8, 4) is 10.6 Å². The third-order valence-corrected chi connectivity index (χ3v) is 7.73. The number of anilines is 2. The Morgan fingerprint density at radius 1 is 1.08 bits per heavy atom. The summed E-state index contributed by atoms with van der Waals surface area (Å²) >= 11 is 0.173. The van der Waals surface area contributed by atoms with E-state index >= 15 is 0 Å². The summed E-state index contributed by atoms with van der Waals surface area (Å²) < 4.78 is 11.9. The molecule has 0 saturated carbocycles. The number of hydrogen-bond acceptors (Lipinski definition) is 8. The number of amides is 2. The molecule has 0 bridgehead atoms. The first-order valence-electron chi connectivity index (χ1n) is 11.7. The highest BCUT2D eigenvalue weighted by Gasteiger charge is 2.25. The summed E-state index contributed by atoms with van der Waals surface area (Å²) in [7, 11) is 2.07. The fraction of sp³-hybridized carbons (Fsp3) is 0.360. The van der Waals surface area contributed by atoms with Crippen molar-refractivity contribution < 1.29 is 14.1 Å². The molecule has 2 unspecified atom stereocenters. The number of piperazine rings is 1. The maximum Gasteiger partial charge on any atom is 0.257 e. The van der Waals surface area contributed by atoms with Gasteiger partial charge in [0.2, 0.25) is 11.0 Å². The summed E-state index contributed by atoms with van der Waals surface area (Å²) in [5.74, 6) is -0.244. The van der Waals surface area contributed by atoms with E-state index < -0.39 is 11.2 Å². The predicted molar refractivity (Wildman–Crippen MR) is 145 cm³/mol. The van der Waals surface area contributed by atoms with Crippen molar-refractivity contribution in [1.82, 2.24) is 20.0 Å². The van der Waals surface area contributed by atoms with Crippen LogP contribution in [0.15, 0.2) is 48.5 Å². The van der Waals surface area contributed by atoms with Gasteiger partial charge in [-0.15, -0.1) is 10.2 Å². The second kappa shape index (κ2) is 11.9. The largest absolute Gasteiger partial charge is 0.616 e. The zero-order valence-electron chi connectivity index (χ0n) is 20.6. The molecule has 0 radical (unpaired) electrons. The third-order valence-electron chi connectivity index (χ3n) is 6.12. The van der Waals surface area contributed by atoms with Crippen LogP contribution in [-0.4, -0.2) is 81.9 Å². The molecule has 3 aromatic rings. The number of likely N-dealkylation sites (N-methyl/N-ethyl adjacent to an activating group) is 1. The molecule has 2 N–H and O–H groups in total. The SMILES string of the molecule is CC(C(=O)Nc1cc(C(=O)Nc2nnc(-c3ccccc3)s2)ccc1C[S+](C)[O-])N1CCN(C)CC1. The minimum absolute atomic E-state index is 0.156. The molecule has 1 aliphatic heterocycles. The predicted octanol–water partition coefficient (Wildman–Crippen LogP) is 2.91. The second-order valence-corrected chi connectivity index (χ2v) is 11.2. The molecular formula is C25H30N6O3S2. The summed E-state index contributed by atoms with van der Waals surface area (Å²) in [5, 5.41) is 15.1. The van der Waals surface area contributed by atoms with Crippen molar-refractivity contribution in [2.45, 2.75) is 18.7 Å². The Bertz CT molecular complexity index is 1200. The number of benzene rings is 2. The molecule has 1 aromatic heterocycles. The van der Waals surface area contributed by atoms with Gasteiger partial charge in [-0.1, -0.05) is 58.9 Å². The van der Waals surface area contributed by atoms with E-state index in [0.717, 1.165) is 31.7 Å². The minimum Gasteiger partial charge on any atom is -0.616 e. The molecular weight excluding hydrogens is 496 g/mol. The lowest BCUT2D eigenvalue weighted by Gasteiger charge is -2.35. The van der Waals surface area contributed by atoms with Crippen molar-refractivity contribution in [3.05, 3.63) is 59.7 Å². The van der Waals surface area contributed by atoms with Crippen molar-refractivity contribution in [1.29, 1.82) is 0 Å². The molecule has 4 rings (SSSR count). The van der Waals surface area contributed by atoms with Gasteiger partial charge in [-0.25, -0.2) is 0 Å². The van der Waals surface area contributed by atoms with Crippen LogP contribution in [0.2, 0.25) is 0 Å². The Hall–Kier alpha value is -2.83. The van der Waals surface area contributed by atoms with E-state index in [9.17, 15) is 14.1 Å². The second-order valence-electron chi connectivity index (χ2n) is 8.83. The molecule has 2 atom stereocenters. The maximum absolute atomic E-state index is 13.1. The average molecular weight is 527 g/mol. The molecule has 1 saturated heterocycles. The summed E-state index contributed by atoms with van der Waals surface area (Å²) in [4.78, 5) is 30.4. The van der Waals surface area contributed by atoms with Gasteiger partial charge in [0.1, 0.15) is 10.8 Å².